The highest BCUT2D eigenvalue weighted by molar-refractivity contribution is 7.99. The number of hydrogen-bond acceptors (Lipinski definition) is 6. The van der Waals surface area contributed by atoms with Crippen LogP contribution < -0.4 is 4.90 Å². The van der Waals surface area contributed by atoms with Crippen LogP contribution in [-0.2, 0) is 11.3 Å². The van der Waals surface area contributed by atoms with E-state index in [1.165, 1.54) is 11.8 Å². The molecule has 0 aliphatic carbocycles. The molecule has 0 bridgehead atoms. The summed E-state index contributed by atoms with van der Waals surface area (Å²) in [7, 11) is 1.72. The van der Waals surface area contributed by atoms with Gasteiger partial charge >= 0.3 is 0 Å². The van der Waals surface area contributed by atoms with E-state index < -0.39 is 5.54 Å². The first-order valence-electron chi connectivity index (χ1n) is 10.3. The number of aromatic nitrogens is 5. The number of thioether (sulfide) groups is 1. The summed E-state index contributed by atoms with van der Waals surface area (Å²) in [6, 6.07) is 13.6. The van der Waals surface area contributed by atoms with Crippen molar-refractivity contribution in [1.82, 2.24) is 29.9 Å². The predicted molar refractivity (Wildman–Crippen MR) is 125 cm³/mol. The molecular formula is C22H18ClN7O2S. The topological polar surface area (TPSA) is 99.8 Å². The molecule has 1 saturated heterocycles. The molecule has 33 heavy (non-hydrogen) atoms. The molecule has 1 unspecified atom stereocenters. The maximum Gasteiger partial charge on any atom is 0.294 e. The number of carbonyl (C=O) groups excluding carboxylic acids is 2. The summed E-state index contributed by atoms with van der Waals surface area (Å²) >= 11 is 7.73. The van der Waals surface area contributed by atoms with Gasteiger partial charge in [0, 0.05) is 23.1 Å². The van der Waals surface area contributed by atoms with Gasteiger partial charge < -0.3 is 9.80 Å². The van der Waals surface area contributed by atoms with Gasteiger partial charge in [-0.3, -0.25) is 14.7 Å². The zero-order valence-corrected chi connectivity index (χ0v) is 19.1. The van der Waals surface area contributed by atoms with Gasteiger partial charge in [0.2, 0.25) is 5.82 Å². The monoisotopic (exact) mass is 479 g/mol. The van der Waals surface area contributed by atoms with Gasteiger partial charge in [-0.2, -0.15) is 5.10 Å². The number of amides is 2. The van der Waals surface area contributed by atoms with Gasteiger partial charge in [0.15, 0.2) is 0 Å². The van der Waals surface area contributed by atoms with E-state index in [2.05, 4.69) is 20.3 Å². The van der Waals surface area contributed by atoms with Crippen LogP contribution in [0.3, 0.4) is 0 Å². The zero-order valence-electron chi connectivity index (χ0n) is 17.5. The van der Waals surface area contributed by atoms with Gasteiger partial charge in [-0.1, -0.05) is 41.9 Å². The second kappa shape index (κ2) is 7.32. The number of halogens is 1. The Morgan fingerprint density at radius 1 is 1.27 bits per heavy atom. The highest BCUT2D eigenvalue weighted by Gasteiger charge is 2.63. The maximum absolute atomic E-state index is 13.5. The smallest absolute Gasteiger partial charge is 0.294 e. The number of nitrogens with zero attached hydrogens (tertiary/aromatic N) is 6. The second-order valence-corrected chi connectivity index (χ2v) is 9.60. The van der Waals surface area contributed by atoms with Crippen LogP contribution in [0, 0.1) is 0 Å². The van der Waals surface area contributed by atoms with Crippen LogP contribution in [-0.4, -0.2) is 66.6 Å². The van der Waals surface area contributed by atoms with Crippen molar-refractivity contribution in [2.24, 2.45) is 0 Å². The number of likely N-dealkylation sites (N-methyl/N-ethyl adjacent to an activating group) is 1. The van der Waals surface area contributed by atoms with Crippen molar-refractivity contribution in [3.63, 3.8) is 0 Å². The molecule has 6 rings (SSSR count). The Morgan fingerprint density at radius 3 is 2.91 bits per heavy atom. The zero-order chi connectivity index (χ0) is 22.7. The molecule has 2 amide bonds. The molecule has 0 saturated carbocycles. The van der Waals surface area contributed by atoms with Crippen molar-refractivity contribution < 1.29 is 9.59 Å². The summed E-state index contributed by atoms with van der Waals surface area (Å²) in [5.41, 5.74) is 1.64. The Kier molecular flexibility index (Phi) is 4.49. The summed E-state index contributed by atoms with van der Waals surface area (Å²) in [4.78, 5) is 34.9. The molecule has 0 radical (unpaired) electrons. The molecule has 9 nitrogen and oxygen atoms in total. The SMILES string of the molecule is CN1C(=O)C2(CSc3cc4n[nH]c(Cl)c4cc31)CN2C(=O)c1ncn(Cc2ccccc2)n1. The highest BCUT2D eigenvalue weighted by atomic mass is 35.5. The third-order valence-corrected chi connectivity index (χ3v) is 7.66. The van der Waals surface area contributed by atoms with E-state index in [9.17, 15) is 9.59 Å². The van der Waals surface area contributed by atoms with Crippen LogP contribution in [0.1, 0.15) is 16.2 Å². The van der Waals surface area contributed by atoms with Gasteiger partial charge in [-0.15, -0.1) is 16.9 Å². The maximum atomic E-state index is 13.5. The third kappa shape index (κ3) is 3.20. The molecular weight excluding hydrogens is 462 g/mol. The van der Waals surface area contributed by atoms with E-state index in [1.54, 1.807) is 27.9 Å². The molecule has 2 aromatic carbocycles. The van der Waals surface area contributed by atoms with Crippen molar-refractivity contribution >= 4 is 51.8 Å². The lowest BCUT2D eigenvalue weighted by Gasteiger charge is -2.21. The van der Waals surface area contributed by atoms with Crippen LogP contribution in [0.25, 0.3) is 10.9 Å². The Morgan fingerprint density at radius 2 is 2.09 bits per heavy atom. The first kappa shape index (κ1) is 20.3. The summed E-state index contributed by atoms with van der Waals surface area (Å²) < 4.78 is 1.63. The van der Waals surface area contributed by atoms with E-state index in [-0.39, 0.29) is 17.6 Å². The minimum absolute atomic E-state index is 0.0928. The normalized spacial score (nSPS) is 19.8. The number of aromatic amines is 1. The van der Waals surface area contributed by atoms with Gasteiger partial charge in [0.1, 0.15) is 17.0 Å². The summed E-state index contributed by atoms with van der Waals surface area (Å²) in [6.45, 7) is 0.852. The lowest BCUT2D eigenvalue weighted by Crippen LogP contribution is -2.43. The lowest BCUT2D eigenvalue weighted by molar-refractivity contribution is -0.120. The number of carbonyl (C=O) groups is 2. The average Bonchev–Trinajstić information content (AvgIpc) is 3.23. The minimum Gasteiger partial charge on any atom is -0.316 e. The molecule has 2 aliphatic rings. The molecule has 4 heterocycles. The molecule has 4 aromatic rings. The molecule has 1 spiro atoms. The molecule has 1 fully saturated rings. The fourth-order valence-corrected chi connectivity index (χ4v) is 5.71. The van der Waals surface area contributed by atoms with Gasteiger partial charge in [-0.05, 0) is 17.7 Å². The lowest BCUT2D eigenvalue weighted by atomic mass is 10.1. The molecule has 11 heteroatoms. The fourth-order valence-electron chi connectivity index (χ4n) is 4.21. The van der Waals surface area contributed by atoms with Crippen molar-refractivity contribution in [3.05, 3.63) is 65.3 Å². The van der Waals surface area contributed by atoms with E-state index in [0.29, 0.717) is 24.0 Å². The molecule has 2 aliphatic heterocycles. The summed E-state index contributed by atoms with van der Waals surface area (Å²) in [5, 5.41) is 12.5. The largest absolute Gasteiger partial charge is 0.316 e. The second-order valence-electron chi connectivity index (χ2n) is 8.20. The number of benzene rings is 2. The van der Waals surface area contributed by atoms with Gasteiger partial charge in [0.25, 0.3) is 11.8 Å². The molecule has 2 aromatic heterocycles. The number of rotatable bonds is 3. The highest BCUT2D eigenvalue weighted by Crippen LogP contribution is 2.47. The molecule has 1 atom stereocenters. The number of anilines is 1. The number of hydrogen-bond donors (Lipinski definition) is 1. The summed E-state index contributed by atoms with van der Waals surface area (Å²) in [5.74, 6) is 0.0664. The molecule has 166 valence electrons. The minimum atomic E-state index is -0.909. The first-order chi connectivity index (χ1) is 16.0. The van der Waals surface area contributed by atoms with Gasteiger partial charge in [0.05, 0.1) is 24.3 Å². The van der Waals surface area contributed by atoms with E-state index in [4.69, 9.17) is 11.6 Å². The van der Waals surface area contributed by atoms with Crippen LogP contribution in [0.4, 0.5) is 5.69 Å². The van der Waals surface area contributed by atoms with Gasteiger partial charge in [-0.25, -0.2) is 9.67 Å². The van der Waals surface area contributed by atoms with Crippen molar-refractivity contribution in [2.45, 2.75) is 17.0 Å². The third-order valence-electron chi connectivity index (χ3n) is 6.11. The predicted octanol–water partition coefficient (Wildman–Crippen LogP) is 2.82. The standard InChI is InChI=1S/C22H18ClN7O2S/c1-28-16-7-14-15(25-26-18(14)23)8-17(16)33-11-22(21(28)32)10-30(22)20(31)19-24-12-29(27-19)9-13-5-3-2-4-6-13/h2-8,12H,9-11H2,1H3,(H,25,26). The first-order valence-corrected chi connectivity index (χ1v) is 11.7. The average molecular weight is 480 g/mol. The van der Waals surface area contributed by atoms with Crippen molar-refractivity contribution in [2.75, 3.05) is 24.2 Å². The Balaban J connectivity index is 1.24. The number of nitrogens with one attached hydrogen (secondary N) is 1. The van der Waals surface area contributed by atoms with Crippen molar-refractivity contribution in [1.29, 1.82) is 0 Å². The number of fused-ring (bicyclic) bond motifs is 2. The fraction of sp³-hybridized carbons (Fsp3) is 0.227. The summed E-state index contributed by atoms with van der Waals surface area (Å²) in [6.07, 6.45) is 1.54. The Labute approximate surface area is 197 Å². The van der Waals surface area contributed by atoms with E-state index >= 15 is 0 Å². The van der Waals surface area contributed by atoms with Crippen LogP contribution in [0.15, 0.2) is 53.7 Å². The Bertz CT molecular complexity index is 1420. The van der Waals surface area contributed by atoms with Crippen LogP contribution >= 0.6 is 23.4 Å². The van der Waals surface area contributed by atoms with E-state index in [0.717, 1.165) is 27.0 Å². The van der Waals surface area contributed by atoms with Crippen LogP contribution in [0.5, 0.6) is 0 Å². The number of H-pyrrole nitrogens is 1. The van der Waals surface area contributed by atoms with Crippen LogP contribution in [0.2, 0.25) is 5.15 Å². The van der Waals surface area contributed by atoms with E-state index in [1.807, 2.05) is 42.5 Å². The quantitative estimate of drug-likeness (QED) is 0.453. The van der Waals surface area contributed by atoms with Crippen molar-refractivity contribution in [3.8, 4) is 0 Å². The molecule has 1 N–H and O–H groups in total. The Hall–Kier alpha value is -3.37.